The van der Waals surface area contributed by atoms with Crippen LogP contribution in [0, 0.1) is 12.8 Å². The van der Waals surface area contributed by atoms with Crippen molar-refractivity contribution in [2.24, 2.45) is 5.92 Å². The van der Waals surface area contributed by atoms with Crippen LogP contribution in [0.1, 0.15) is 25.2 Å². The molecule has 0 aliphatic rings. The quantitative estimate of drug-likeness (QED) is 0.622. The van der Waals surface area contributed by atoms with E-state index in [4.69, 9.17) is 0 Å². The first-order valence-corrected chi connectivity index (χ1v) is 8.73. The number of hydrogen-bond donors (Lipinski definition) is 1. The highest BCUT2D eigenvalue weighted by Gasteiger charge is 2.14. The monoisotopic (exact) mass is 339 g/mol. The van der Waals surface area contributed by atoms with E-state index in [1.807, 2.05) is 35.0 Å². The van der Waals surface area contributed by atoms with Crippen molar-refractivity contribution in [2.75, 3.05) is 0 Å². The van der Waals surface area contributed by atoms with E-state index < -0.39 is 0 Å². The number of nitrogens with one attached hydrogen (secondary N) is 1. The molecule has 0 unspecified atom stereocenters. The summed E-state index contributed by atoms with van der Waals surface area (Å²) in [6.45, 7) is 6.19. The van der Waals surface area contributed by atoms with Crippen molar-refractivity contribution in [1.82, 2.24) is 24.6 Å². The minimum Gasteiger partial charge on any atom is -0.306 e. The molecule has 0 radical (unpaired) electrons. The first kappa shape index (κ1) is 15.0. The highest BCUT2D eigenvalue weighted by atomic mass is 32.1. The van der Waals surface area contributed by atoms with E-state index in [1.54, 1.807) is 0 Å². The molecule has 0 spiro atoms. The molecule has 0 atom stereocenters. The molecule has 0 saturated carbocycles. The van der Waals surface area contributed by atoms with Gasteiger partial charge in [-0.3, -0.25) is 9.20 Å². The largest absolute Gasteiger partial charge is 0.306 e. The van der Waals surface area contributed by atoms with Gasteiger partial charge in [-0.25, -0.2) is 4.98 Å². The fourth-order valence-corrected chi connectivity index (χ4v) is 3.83. The number of fused-ring (bicyclic) bond motifs is 2. The zero-order valence-corrected chi connectivity index (χ0v) is 14.5. The molecule has 0 amide bonds. The van der Waals surface area contributed by atoms with E-state index in [-0.39, 0.29) is 5.56 Å². The highest BCUT2D eigenvalue weighted by molar-refractivity contribution is 7.16. The Balaban J connectivity index is 1.87. The van der Waals surface area contributed by atoms with Gasteiger partial charge in [-0.2, -0.15) is 0 Å². The third kappa shape index (κ3) is 2.41. The topological polar surface area (TPSA) is 75.9 Å². The minimum absolute atomic E-state index is 0.0764. The second-order valence-corrected chi connectivity index (χ2v) is 7.20. The molecule has 122 valence electrons. The highest BCUT2D eigenvalue weighted by Crippen LogP contribution is 2.25. The van der Waals surface area contributed by atoms with Crippen LogP contribution in [0.25, 0.3) is 27.3 Å². The first-order chi connectivity index (χ1) is 11.5. The van der Waals surface area contributed by atoms with Crippen molar-refractivity contribution in [3.8, 4) is 11.4 Å². The van der Waals surface area contributed by atoms with E-state index in [9.17, 15) is 4.79 Å². The van der Waals surface area contributed by atoms with Gasteiger partial charge in [0.1, 0.15) is 16.5 Å². The third-order valence-electron chi connectivity index (χ3n) is 3.99. The lowest BCUT2D eigenvalue weighted by atomic mass is 10.0. The number of hydrogen-bond acceptors (Lipinski definition) is 5. The van der Waals surface area contributed by atoms with E-state index >= 15 is 0 Å². The Labute approximate surface area is 142 Å². The van der Waals surface area contributed by atoms with Crippen LogP contribution in [-0.2, 0) is 6.42 Å². The number of thiophene rings is 1. The molecule has 0 aliphatic carbocycles. The lowest BCUT2D eigenvalue weighted by Gasteiger charge is -2.05. The van der Waals surface area contributed by atoms with Crippen molar-refractivity contribution in [3.63, 3.8) is 0 Å². The van der Waals surface area contributed by atoms with Gasteiger partial charge in [0, 0.05) is 11.8 Å². The summed E-state index contributed by atoms with van der Waals surface area (Å²) in [5.74, 6) is 1.87. The van der Waals surface area contributed by atoms with Crippen molar-refractivity contribution in [1.29, 1.82) is 0 Å². The number of aromatic nitrogens is 5. The summed E-state index contributed by atoms with van der Waals surface area (Å²) in [6.07, 6.45) is 2.79. The third-order valence-corrected chi connectivity index (χ3v) is 4.92. The molecule has 1 N–H and O–H groups in total. The van der Waals surface area contributed by atoms with Gasteiger partial charge in [-0.15, -0.1) is 21.5 Å². The van der Waals surface area contributed by atoms with Gasteiger partial charge in [0.15, 0.2) is 5.65 Å². The van der Waals surface area contributed by atoms with Crippen molar-refractivity contribution in [3.05, 3.63) is 45.5 Å². The van der Waals surface area contributed by atoms with Crippen molar-refractivity contribution >= 4 is 27.2 Å². The standard InChI is InChI=1S/C17H17N5OS/c1-9(2)6-12-8-24-17-14(12)16(23)18-15(19-17)11-4-5-13-21-20-10(3)22(13)7-11/h4-5,7-9H,6H2,1-3H3,(H,18,19,23). The van der Waals surface area contributed by atoms with E-state index in [1.165, 1.54) is 11.3 Å². The molecule has 0 fully saturated rings. The maximum absolute atomic E-state index is 12.6. The summed E-state index contributed by atoms with van der Waals surface area (Å²) < 4.78 is 1.89. The van der Waals surface area contributed by atoms with Gasteiger partial charge >= 0.3 is 0 Å². The van der Waals surface area contributed by atoms with Gasteiger partial charge in [-0.1, -0.05) is 13.8 Å². The summed E-state index contributed by atoms with van der Waals surface area (Å²) in [6, 6.07) is 3.77. The molecule has 24 heavy (non-hydrogen) atoms. The van der Waals surface area contributed by atoms with Gasteiger partial charge in [-0.05, 0) is 42.3 Å². The average Bonchev–Trinajstić information content (AvgIpc) is 3.11. The second kappa shape index (κ2) is 5.52. The van der Waals surface area contributed by atoms with E-state index in [0.29, 0.717) is 11.7 Å². The smallest absolute Gasteiger partial charge is 0.260 e. The molecule has 0 aliphatic heterocycles. The van der Waals surface area contributed by atoms with Gasteiger partial charge in [0.2, 0.25) is 0 Å². The number of H-pyrrole nitrogens is 1. The molecule has 6 nitrogen and oxygen atoms in total. The number of aromatic amines is 1. The number of nitrogens with zero attached hydrogens (tertiary/aromatic N) is 4. The molecule has 4 aromatic heterocycles. The lowest BCUT2D eigenvalue weighted by Crippen LogP contribution is -2.10. The summed E-state index contributed by atoms with van der Waals surface area (Å²) >= 11 is 1.52. The van der Waals surface area contributed by atoms with Gasteiger partial charge < -0.3 is 4.98 Å². The molecule has 4 aromatic rings. The fourth-order valence-electron chi connectivity index (χ4n) is 2.88. The van der Waals surface area contributed by atoms with Crippen LogP contribution in [0.3, 0.4) is 0 Å². The second-order valence-electron chi connectivity index (χ2n) is 6.35. The Morgan fingerprint density at radius 1 is 1.29 bits per heavy atom. The first-order valence-electron chi connectivity index (χ1n) is 7.85. The summed E-state index contributed by atoms with van der Waals surface area (Å²) in [7, 11) is 0. The molecule has 7 heteroatoms. The molecule has 4 heterocycles. The predicted molar refractivity (Wildman–Crippen MR) is 95.5 cm³/mol. The summed E-state index contributed by atoms with van der Waals surface area (Å²) in [4.78, 5) is 21.0. The lowest BCUT2D eigenvalue weighted by molar-refractivity contribution is 0.651. The molecular weight excluding hydrogens is 322 g/mol. The minimum atomic E-state index is -0.0764. The number of aryl methyl sites for hydroxylation is 1. The van der Waals surface area contributed by atoms with Crippen molar-refractivity contribution < 1.29 is 0 Å². The number of rotatable bonds is 3. The Morgan fingerprint density at radius 3 is 2.92 bits per heavy atom. The van der Waals surface area contributed by atoms with Crippen LogP contribution in [0.15, 0.2) is 28.5 Å². The average molecular weight is 339 g/mol. The SMILES string of the molecule is Cc1nnc2ccc(-c3nc4scc(CC(C)C)c4c(=O)[nH]3)cn12. The van der Waals surface area contributed by atoms with E-state index in [2.05, 4.69) is 34.0 Å². The predicted octanol–water partition coefficient (Wildman–Crippen LogP) is 3.20. The van der Waals surface area contributed by atoms with Crippen LogP contribution in [0.4, 0.5) is 0 Å². The zero-order valence-electron chi connectivity index (χ0n) is 13.7. The molecule has 0 bridgehead atoms. The molecular formula is C17H17N5OS. The number of pyridine rings is 1. The van der Waals surface area contributed by atoms with E-state index in [0.717, 1.165) is 39.2 Å². The Kier molecular flexibility index (Phi) is 3.45. The van der Waals surface area contributed by atoms with Crippen molar-refractivity contribution in [2.45, 2.75) is 27.2 Å². The summed E-state index contributed by atoms with van der Waals surface area (Å²) in [5, 5.41) is 10.9. The molecule has 0 saturated heterocycles. The van der Waals surface area contributed by atoms with Crippen LogP contribution in [0.2, 0.25) is 0 Å². The van der Waals surface area contributed by atoms with Crippen LogP contribution >= 0.6 is 11.3 Å². The fraction of sp³-hybridized carbons (Fsp3) is 0.294. The van der Waals surface area contributed by atoms with Gasteiger partial charge in [0.25, 0.3) is 5.56 Å². The molecule has 4 rings (SSSR count). The Hall–Kier alpha value is -2.54. The molecule has 0 aromatic carbocycles. The van der Waals surface area contributed by atoms with Gasteiger partial charge in [0.05, 0.1) is 5.39 Å². The van der Waals surface area contributed by atoms with Crippen LogP contribution in [0.5, 0.6) is 0 Å². The normalized spacial score (nSPS) is 11.8. The Bertz CT molecular complexity index is 1110. The Morgan fingerprint density at radius 2 is 2.12 bits per heavy atom. The summed E-state index contributed by atoms with van der Waals surface area (Å²) in [5.41, 5.74) is 2.61. The van der Waals surface area contributed by atoms with Crippen LogP contribution in [-0.4, -0.2) is 24.6 Å². The maximum atomic E-state index is 12.6. The zero-order chi connectivity index (χ0) is 16.8. The van der Waals surface area contributed by atoms with Crippen LogP contribution < -0.4 is 5.56 Å². The maximum Gasteiger partial charge on any atom is 0.260 e.